The van der Waals surface area contributed by atoms with Crippen LogP contribution in [0, 0.1) is 17.3 Å². The summed E-state index contributed by atoms with van der Waals surface area (Å²) in [5.41, 5.74) is -0.427. The van der Waals surface area contributed by atoms with Crippen molar-refractivity contribution in [2.24, 2.45) is 17.3 Å². The smallest absolute Gasteiger partial charge is 0.165 e. The van der Waals surface area contributed by atoms with Gasteiger partial charge in [0.1, 0.15) is 5.78 Å². The van der Waals surface area contributed by atoms with Crippen LogP contribution in [0.25, 0.3) is 0 Å². The molecule has 1 heterocycles. The number of allylic oxidation sites excluding steroid dienone is 2. The highest BCUT2D eigenvalue weighted by molar-refractivity contribution is 5.89. The van der Waals surface area contributed by atoms with Crippen LogP contribution in [-0.2, 0) is 14.3 Å². The van der Waals surface area contributed by atoms with Crippen LogP contribution >= 0.6 is 0 Å². The Morgan fingerprint density at radius 3 is 2.81 bits per heavy atom. The van der Waals surface area contributed by atoms with E-state index in [4.69, 9.17) is 9.47 Å². The van der Waals surface area contributed by atoms with Crippen LogP contribution in [0.3, 0.4) is 0 Å². The summed E-state index contributed by atoms with van der Waals surface area (Å²) in [6.07, 6.45) is 6.05. The van der Waals surface area contributed by atoms with Crippen LogP contribution in [0.1, 0.15) is 33.6 Å². The Balaban J connectivity index is 2.11. The van der Waals surface area contributed by atoms with Crippen molar-refractivity contribution in [1.29, 1.82) is 0 Å². The van der Waals surface area contributed by atoms with E-state index in [1.54, 1.807) is 7.11 Å². The largest absolute Gasteiger partial charge is 0.392 e. The number of ketones is 1. The van der Waals surface area contributed by atoms with Gasteiger partial charge in [-0.1, -0.05) is 25.2 Å². The van der Waals surface area contributed by atoms with Gasteiger partial charge in [0.2, 0.25) is 0 Å². The molecule has 3 rings (SSSR count). The number of carbonyl (C=O) groups is 1. The van der Waals surface area contributed by atoms with Gasteiger partial charge in [-0.15, -0.1) is 0 Å². The molecule has 0 aromatic carbocycles. The van der Waals surface area contributed by atoms with Crippen LogP contribution in [-0.4, -0.2) is 36.0 Å². The van der Waals surface area contributed by atoms with E-state index in [2.05, 4.69) is 13.0 Å². The van der Waals surface area contributed by atoms with E-state index in [1.165, 1.54) is 0 Å². The highest BCUT2D eigenvalue weighted by atomic mass is 16.7. The topological polar surface area (TPSA) is 55.8 Å². The van der Waals surface area contributed by atoms with Crippen molar-refractivity contribution in [3.05, 3.63) is 23.8 Å². The van der Waals surface area contributed by atoms with Gasteiger partial charge in [0, 0.05) is 13.0 Å². The van der Waals surface area contributed by atoms with Crippen LogP contribution in [0.4, 0.5) is 0 Å². The second kappa shape index (κ2) is 4.77. The molecule has 1 N–H and O–H groups in total. The summed E-state index contributed by atoms with van der Waals surface area (Å²) in [5.74, 6) is 0.237. The lowest BCUT2D eigenvalue weighted by Gasteiger charge is -2.56. The number of methoxy groups -OCH3 is 1. The van der Waals surface area contributed by atoms with E-state index in [0.29, 0.717) is 12.3 Å². The maximum Gasteiger partial charge on any atom is 0.165 e. The van der Waals surface area contributed by atoms with Crippen LogP contribution in [0.5, 0.6) is 0 Å². The van der Waals surface area contributed by atoms with Gasteiger partial charge in [-0.05, 0) is 31.8 Å². The van der Waals surface area contributed by atoms with Crippen LogP contribution in [0.2, 0.25) is 0 Å². The molecular weight excluding hydrogens is 268 g/mol. The average molecular weight is 292 g/mol. The summed E-state index contributed by atoms with van der Waals surface area (Å²) < 4.78 is 11.3. The summed E-state index contributed by atoms with van der Waals surface area (Å²) >= 11 is 0. The zero-order valence-corrected chi connectivity index (χ0v) is 13.1. The third kappa shape index (κ3) is 1.96. The van der Waals surface area contributed by atoms with Gasteiger partial charge in [0.15, 0.2) is 6.29 Å². The van der Waals surface area contributed by atoms with Crippen molar-refractivity contribution in [3.63, 3.8) is 0 Å². The Bertz CT molecular complexity index is 523. The molecule has 3 aliphatic rings. The molecule has 0 aromatic rings. The molecule has 0 saturated carbocycles. The Kier molecular flexibility index (Phi) is 3.39. The second-order valence-corrected chi connectivity index (χ2v) is 6.98. The van der Waals surface area contributed by atoms with E-state index in [0.717, 1.165) is 5.57 Å². The van der Waals surface area contributed by atoms with Crippen molar-refractivity contribution < 1.29 is 19.4 Å². The van der Waals surface area contributed by atoms with Gasteiger partial charge in [-0.25, -0.2) is 0 Å². The molecule has 21 heavy (non-hydrogen) atoms. The second-order valence-electron chi connectivity index (χ2n) is 6.98. The fourth-order valence-corrected chi connectivity index (χ4v) is 4.28. The average Bonchev–Trinajstić information content (AvgIpc) is 2.40. The van der Waals surface area contributed by atoms with Gasteiger partial charge in [0.05, 0.1) is 23.5 Å². The standard InChI is InChI=1S/C17H24O4/c1-10-7-11-5-6-16(2)17(3,15(11)12(18)8-10)13(19)9-14(20-4)21-16/h5-7,10,12,14-15,18H,8-9H2,1-4H3/t10-,12+,14-,15-,16-,17-/m1/s1. The molecular formula is C17H24O4. The molecule has 0 amide bonds. The minimum Gasteiger partial charge on any atom is -0.392 e. The summed E-state index contributed by atoms with van der Waals surface area (Å²) in [5, 5.41) is 10.6. The lowest BCUT2D eigenvalue weighted by atomic mass is 9.53. The fourth-order valence-electron chi connectivity index (χ4n) is 4.28. The molecule has 4 heteroatoms. The summed E-state index contributed by atoms with van der Waals surface area (Å²) in [6, 6.07) is 0. The molecule has 1 fully saturated rings. The Morgan fingerprint density at radius 1 is 1.43 bits per heavy atom. The number of fused-ring (bicyclic) bond motifs is 3. The fraction of sp³-hybridized carbons (Fsp3) is 0.706. The number of hydrogen-bond donors (Lipinski definition) is 1. The Labute approximate surface area is 125 Å². The third-order valence-corrected chi connectivity index (χ3v) is 5.65. The number of rotatable bonds is 1. The highest BCUT2D eigenvalue weighted by Crippen LogP contribution is 2.56. The molecule has 0 unspecified atom stereocenters. The number of ether oxygens (including phenoxy) is 2. The lowest BCUT2D eigenvalue weighted by molar-refractivity contribution is -0.249. The highest BCUT2D eigenvalue weighted by Gasteiger charge is 2.62. The van der Waals surface area contributed by atoms with Crippen molar-refractivity contribution >= 4 is 5.78 Å². The van der Waals surface area contributed by atoms with Gasteiger partial charge in [-0.2, -0.15) is 0 Å². The van der Waals surface area contributed by atoms with E-state index >= 15 is 0 Å². The molecule has 0 aromatic heterocycles. The van der Waals surface area contributed by atoms with E-state index in [1.807, 2.05) is 26.0 Å². The van der Waals surface area contributed by atoms with Gasteiger partial charge >= 0.3 is 0 Å². The zero-order valence-electron chi connectivity index (χ0n) is 13.1. The zero-order chi connectivity index (χ0) is 15.4. The summed E-state index contributed by atoms with van der Waals surface area (Å²) in [7, 11) is 1.55. The third-order valence-electron chi connectivity index (χ3n) is 5.65. The number of aliphatic hydroxyl groups is 1. The first-order valence-electron chi connectivity index (χ1n) is 7.65. The molecule has 6 atom stereocenters. The molecule has 2 aliphatic carbocycles. The summed E-state index contributed by atoms with van der Waals surface area (Å²) in [6.45, 7) is 5.95. The molecule has 116 valence electrons. The molecule has 1 saturated heterocycles. The van der Waals surface area contributed by atoms with Crippen molar-refractivity contribution in [2.75, 3.05) is 7.11 Å². The maximum absolute atomic E-state index is 12.9. The minimum absolute atomic E-state index is 0.108. The number of carbonyl (C=O) groups excluding carboxylic acids is 1. The predicted octanol–water partition coefficient (Wildman–Crippen LogP) is 2.23. The van der Waals surface area contributed by atoms with Gasteiger partial charge < -0.3 is 14.6 Å². The van der Waals surface area contributed by atoms with Crippen molar-refractivity contribution in [2.45, 2.75) is 51.6 Å². The first kappa shape index (κ1) is 14.9. The lowest BCUT2D eigenvalue weighted by Crippen LogP contribution is -2.64. The van der Waals surface area contributed by atoms with E-state index in [-0.39, 0.29) is 18.1 Å². The quantitative estimate of drug-likeness (QED) is 0.805. The molecule has 0 spiro atoms. The van der Waals surface area contributed by atoms with Crippen LogP contribution in [0.15, 0.2) is 23.8 Å². The molecule has 0 radical (unpaired) electrons. The number of hydrogen-bond acceptors (Lipinski definition) is 4. The summed E-state index contributed by atoms with van der Waals surface area (Å²) in [4.78, 5) is 12.9. The molecule has 0 bridgehead atoms. The predicted molar refractivity (Wildman–Crippen MR) is 78.5 cm³/mol. The first-order chi connectivity index (χ1) is 9.81. The van der Waals surface area contributed by atoms with Gasteiger partial charge in [-0.3, -0.25) is 4.79 Å². The van der Waals surface area contributed by atoms with Gasteiger partial charge in [0.25, 0.3) is 0 Å². The molecule has 4 nitrogen and oxygen atoms in total. The number of aliphatic hydroxyl groups excluding tert-OH is 1. The van der Waals surface area contributed by atoms with Crippen molar-refractivity contribution in [3.8, 4) is 0 Å². The molecule has 1 aliphatic heterocycles. The van der Waals surface area contributed by atoms with E-state index < -0.39 is 23.4 Å². The Hall–Kier alpha value is -0.970. The Morgan fingerprint density at radius 2 is 2.14 bits per heavy atom. The SMILES string of the molecule is CO[C@H]1CC(=O)[C@]2(C)[C@@H]3C(=C[C@@H](C)C[C@@H]3O)C=C[C@@]2(C)O1. The van der Waals surface area contributed by atoms with E-state index in [9.17, 15) is 9.90 Å². The number of Topliss-reactive ketones (excluding diaryl/α,β-unsaturated/α-hetero) is 1. The monoisotopic (exact) mass is 292 g/mol. The van der Waals surface area contributed by atoms with Crippen LogP contribution < -0.4 is 0 Å². The van der Waals surface area contributed by atoms with Crippen molar-refractivity contribution in [1.82, 2.24) is 0 Å². The maximum atomic E-state index is 12.9. The normalized spacial score (nSPS) is 49.4. The minimum atomic E-state index is -0.748. The first-order valence-corrected chi connectivity index (χ1v) is 7.65.